The summed E-state index contributed by atoms with van der Waals surface area (Å²) < 4.78 is 0. The molecule has 1 N–H and O–H groups in total. The lowest BCUT2D eigenvalue weighted by atomic mass is 10.1. The third kappa shape index (κ3) is 4.39. The Bertz CT molecular complexity index is 445. The van der Waals surface area contributed by atoms with Gasteiger partial charge in [0.05, 0.1) is 0 Å². The molecule has 2 atom stereocenters. The van der Waals surface area contributed by atoms with Gasteiger partial charge in [0, 0.05) is 30.8 Å². The number of rotatable bonds is 7. The molecule has 1 aromatic carbocycles. The Hall–Kier alpha value is -0.730. The maximum Gasteiger partial charge on any atom is 0.0471 e. The maximum atomic E-state index is 6.40. The number of benzene rings is 1. The van der Waals surface area contributed by atoms with Gasteiger partial charge in [-0.2, -0.15) is 0 Å². The molecule has 112 valence electrons. The molecule has 2 nitrogen and oxygen atoms in total. The first-order valence-electron chi connectivity index (χ1n) is 7.67. The van der Waals surface area contributed by atoms with Crippen molar-refractivity contribution in [2.45, 2.75) is 33.7 Å². The van der Waals surface area contributed by atoms with Crippen LogP contribution in [0.3, 0.4) is 0 Å². The van der Waals surface area contributed by atoms with Crippen LogP contribution in [0.25, 0.3) is 0 Å². The molecule has 3 heteroatoms. The first-order chi connectivity index (χ1) is 9.47. The van der Waals surface area contributed by atoms with Gasteiger partial charge in [0.25, 0.3) is 0 Å². The molecule has 0 spiro atoms. The maximum absolute atomic E-state index is 6.40. The Morgan fingerprint density at radius 1 is 1.40 bits per heavy atom. The molecule has 0 aliphatic heterocycles. The molecule has 0 amide bonds. The van der Waals surface area contributed by atoms with Gasteiger partial charge in [-0.1, -0.05) is 38.4 Å². The van der Waals surface area contributed by atoms with Crippen molar-refractivity contribution in [3.63, 3.8) is 0 Å². The van der Waals surface area contributed by atoms with Crippen molar-refractivity contribution < 1.29 is 0 Å². The third-order valence-electron chi connectivity index (χ3n) is 4.13. The highest BCUT2D eigenvalue weighted by Crippen LogP contribution is 2.38. The lowest BCUT2D eigenvalue weighted by Gasteiger charge is -2.20. The Kier molecular flexibility index (Phi) is 5.34. The van der Waals surface area contributed by atoms with E-state index in [4.69, 9.17) is 11.6 Å². The van der Waals surface area contributed by atoms with E-state index in [2.05, 4.69) is 56.2 Å². The van der Waals surface area contributed by atoms with Crippen molar-refractivity contribution in [2.75, 3.05) is 25.0 Å². The van der Waals surface area contributed by atoms with Gasteiger partial charge in [0.15, 0.2) is 0 Å². The van der Waals surface area contributed by atoms with Crippen molar-refractivity contribution in [2.24, 2.45) is 17.8 Å². The number of hydrogen-bond acceptors (Lipinski definition) is 2. The molecule has 1 fully saturated rings. The van der Waals surface area contributed by atoms with Gasteiger partial charge in [-0.3, -0.25) is 0 Å². The van der Waals surface area contributed by atoms with Gasteiger partial charge < -0.3 is 10.2 Å². The Labute approximate surface area is 128 Å². The van der Waals surface area contributed by atoms with Crippen LogP contribution in [0.2, 0.25) is 5.02 Å². The third-order valence-corrected chi connectivity index (χ3v) is 4.48. The second kappa shape index (κ2) is 6.82. The predicted molar refractivity (Wildman–Crippen MR) is 88.5 cm³/mol. The van der Waals surface area contributed by atoms with E-state index in [1.807, 2.05) is 0 Å². The van der Waals surface area contributed by atoms with E-state index in [-0.39, 0.29) is 0 Å². The minimum atomic E-state index is 0.666. The fraction of sp³-hybridized carbons (Fsp3) is 0.647. The minimum Gasteiger partial charge on any atom is -0.374 e. The summed E-state index contributed by atoms with van der Waals surface area (Å²) in [5, 5.41) is 4.31. The molecule has 1 aromatic rings. The SMILES string of the molecule is CC(C)CNCc1ccc(N(C)CC2CC2C)cc1Cl. The standard InChI is InChI=1S/C17H27ClN2/c1-12(2)9-19-10-14-5-6-16(8-17(14)18)20(4)11-15-7-13(15)3/h5-6,8,12-13,15,19H,7,9-11H2,1-4H3. The predicted octanol–water partition coefficient (Wildman–Crippen LogP) is 4.18. The van der Waals surface area contributed by atoms with Crippen LogP contribution in [-0.4, -0.2) is 20.1 Å². The summed E-state index contributed by atoms with van der Waals surface area (Å²) in [6, 6.07) is 6.43. The van der Waals surface area contributed by atoms with Crippen LogP contribution in [-0.2, 0) is 6.54 Å². The summed E-state index contributed by atoms with van der Waals surface area (Å²) in [7, 11) is 2.16. The largest absolute Gasteiger partial charge is 0.374 e. The van der Waals surface area contributed by atoms with Gasteiger partial charge in [-0.05, 0) is 48.4 Å². The molecule has 0 bridgehead atoms. The zero-order valence-electron chi connectivity index (χ0n) is 13.1. The van der Waals surface area contributed by atoms with Crippen LogP contribution in [0.5, 0.6) is 0 Å². The highest BCUT2D eigenvalue weighted by atomic mass is 35.5. The van der Waals surface area contributed by atoms with E-state index in [0.717, 1.165) is 36.5 Å². The first kappa shape index (κ1) is 15.7. The fourth-order valence-electron chi connectivity index (χ4n) is 2.52. The van der Waals surface area contributed by atoms with Crippen molar-refractivity contribution in [3.05, 3.63) is 28.8 Å². The monoisotopic (exact) mass is 294 g/mol. The number of hydrogen-bond donors (Lipinski definition) is 1. The Balaban J connectivity index is 1.90. The topological polar surface area (TPSA) is 15.3 Å². The Morgan fingerprint density at radius 3 is 2.65 bits per heavy atom. The molecule has 1 saturated carbocycles. The first-order valence-corrected chi connectivity index (χ1v) is 8.05. The van der Waals surface area contributed by atoms with Crippen molar-refractivity contribution in [1.29, 1.82) is 0 Å². The van der Waals surface area contributed by atoms with E-state index < -0.39 is 0 Å². The van der Waals surface area contributed by atoms with Crippen LogP contribution < -0.4 is 10.2 Å². The number of halogens is 1. The van der Waals surface area contributed by atoms with Gasteiger partial charge >= 0.3 is 0 Å². The summed E-state index contributed by atoms with van der Waals surface area (Å²) >= 11 is 6.40. The fourth-order valence-corrected chi connectivity index (χ4v) is 2.76. The summed E-state index contributed by atoms with van der Waals surface area (Å²) in [4.78, 5) is 2.32. The molecule has 0 aromatic heterocycles. The number of nitrogens with one attached hydrogen (secondary N) is 1. The smallest absolute Gasteiger partial charge is 0.0471 e. The molecule has 1 aliphatic rings. The molecular formula is C17H27ClN2. The molecule has 0 saturated heterocycles. The number of anilines is 1. The minimum absolute atomic E-state index is 0.666. The molecule has 1 aliphatic carbocycles. The summed E-state index contributed by atoms with van der Waals surface area (Å²) in [5.41, 5.74) is 2.41. The van der Waals surface area contributed by atoms with Gasteiger partial charge in [0.1, 0.15) is 0 Å². The molecule has 0 heterocycles. The summed E-state index contributed by atoms with van der Waals surface area (Å²) in [6.07, 6.45) is 1.37. The van der Waals surface area contributed by atoms with E-state index in [9.17, 15) is 0 Å². The van der Waals surface area contributed by atoms with Crippen LogP contribution in [0.4, 0.5) is 5.69 Å². The van der Waals surface area contributed by atoms with Crippen LogP contribution in [0.15, 0.2) is 18.2 Å². The highest BCUT2D eigenvalue weighted by molar-refractivity contribution is 6.31. The van der Waals surface area contributed by atoms with Crippen LogP contribution in [0, 0.1) is 17.8 Å². The van der Waals surface area contributed by atoms with Crippen LogP contribution in [0.1, 0.15) is 32.8 Å². The molecule has 2 rings (SSSR count). The van der Waals surface area contributed by atoms with Crippen LogP contribution >= 0.6 is 11.6 Å². The number of nitrogens with zero attached hydrogens (tertiary/aromatic N) is 1. The van der Waals surface area contributed by atoms with Gasteiger partial charge in [0.2, 0.25) is 0 Å². The van der Waals surface area contributed by atoms with E-state index in [1.165, 1.54) is 17.7 Å². The second-order valence-electron chi connectivity index (χ2n) is 6.65. The summed E-state index contributed by atoms with van der Waals surface area (Å²) in [5.74, 6) is 2.43. The van der Waals surface area contributed by atoms with Gasteiger partial charge in [-0.15, -0.1) is 0 Å². The molecular weight excluding hydrogens is 268 g/mol. The zero-order chi connectivity index (χ0) is 14.7. The molecule has 0 radical (unpaired) electrons. The van der Waals surface area contributed by atoms with Crippen molar-refractivity contribution >= 4 is 17.3 Å². The highest BCUT2D eigenvalue weighted by Gasteiger charge is 2.33. The van der Waals surface area contributed by atoms with Gasteiger partial charge in [-0.25, -0.2) is 0 Å². The molecule has 2 unspecified atom stereocenters. The van der Waals surface area contributed by atoms with Crippen molar-refractivity contribution in [1.82, 2.24) is 5.32 Å². The quantitative estimate of drug-likeness (QED) is 0.811. The average Bonchev–Trinajstić information content (AvgIpc) is 3.06. The van der Waals surface area contributed by atoms with E-state index >= 15 is 0 Å². The van der Waals surface area contributed by atoms with E-state index in [0.29, 0.717) is 5.92 Å². The second-order valence-corrected chi connectivity index (χ2v) is 7.06. The van der Waals surface area contributed by atoms with Crippen molar-refractivity contribution in [3.8, 4) is 0 Å². The van der Waals surface area contributed by atoms with E-state index in [1.54, 1.807) is 0 Å². The molecule has 20 heavy (non-hydrogen) atoms. The lowest BCUT2D eigenvalue weighted by Crippen LogP contribution is -2.21. The Morgan fingerprint density at radius 2 is 2.10 bits per heavy atom. The normalized spacial score (nSPS) is 21.3. The average molecular weight is 295 g/mol. The zero-order valence-corrected chi connectivity index (χ0v) is 13.9. The lowest BCUT2D eigenvalue weighted by molar-refractivity contribution is 0.552. The summed E-state index contributed by atoms with van der Waals surface area (Å²) in [6.45, 7) is 9.77.